The lowest BCUT2D eigenvalue weighted by Crippen LogP contribution is -2.31. The van der Waals surface area contributed by atoms with Gasteiger partial charge < -0.3 is 4.90 Å². The van der Waals surface area contributed by atoms with Gasteiger partial charge in [0.1, 0.15) is 10.7 Å². The number of carbonyl (C=O) groups is 1. The number of hydrogen-bond acceptors (Lipinski definition) is 3. The maximum Gasteiger partial charge on any atom is 0.265 e. The van der Waals surface area contributed by atoms with Gasteiger partial charge in [0.2, 0.25) is 0 Å². The average molecular weight is 357 g/mol. The fraction of sp³-hybridized carbons (Fsp3) is 0.368. The number of thiazole rings is 1. The van der Waals surface area contributed by atoms with E-state index in [0.29, 0.717) is 11.3 Å². The summed E-state index contributed by atoms with van der Waals surface area (Å²) in [7, 11) is 0. The van der Waals surface area contributed by atoms with Crippen LogP contribution in [-0.4, -0.2) is 33.3 Å². The van der Waals surface area contributed by atoms with Crippen LogP contribution < -0.4 is 0 Å². The second kappa shape index (κ2) is 6.59. The van der Waals surface area contributed by atoms with Crippen molar-refractivity contribution in [1.82, 2.24) is 14.3 Å². The van der Waals surface area contributed by atoms with E-state index in [9.17, 15) is 9.18 Å². The number of rotatable bonds is 2. The largest absolute Gasteiger partial charge is 0.338 e. The van der Waals surface area contributed by atoms with Gasteiger partial charge in [-0.2, -0.15) is 0 Å². The van der Waals surface area contributed by atoms with Crippen molar-refractivity contribution >= 4 is 22.2 Å². The number of hydrogen-bond donors (Lipinski definition) is 0. The van der Waals surface area contributed by atoms with E-state index in [1.54, 1.807) is 18.2 Å². The highest BCUT2D eigenvalue weighted by atomic mass is 32.1. The lowest BCUT2D eigenvalue weighted by molar-refractivity contribution is 0.0765. The summed E-state index contributed by atoms with van der Waals surface area (Å²) >= 11 is 1.39. The van der Waals surface area contributed by atoms with Gasteiger partial charge in [0, 0.05) is 30.5 Å². The molecule has 0 radical (unpaired) electrons. The third-order valence-corrected chi connectivity index (χ3v) is 5.94. The lowest BCUT2D eigenvalue weighted by atomic mass is 10.1. The minimum atomic E-state index is -0.285. The first kappa shape index (κ1) is 16.3. The molecule has 1 aromatic carbocycles. The number of likely N-dealkylation sites (tertiary alicyclic amines) is 1. The Balaban J connectivity index is 1.68. The second-order valence-corrected chi connectivity index (χ2v) is 7.46. The zero-order valence-corrected chi connectivity index (χ0v) is 15.0. The first-order valence-corrected chi connectivity index (χ1v) is 9.49. The Hall–Kier alpha value is -2.21. The molecule has 4 rings (SSSR count). The van der Waals surface area contributed by atoms with Gasteiger partial charge in [-0.3, -0.25) is 9.20 Å². The van der Waals surface area contributed by atoms with Crippen LogP contribution in [0.3, 0.4) is 0 Å². The van der Waals surface area contributed by atoms with E-state index in [0.717, 1.165) is 41.5 Å². The smallest absolute Gasteiger partial charge is 0.265 e. The summed E-state index contributed by atoms with van der Waals surface area (Å²) in [4.78, 5) is 20.9. The predicted molar refractivity (Wildman–Crippen MR) is 97.6 cm³/mol. The van der Waals surface area contributed by atoms with Crippen molar-refractivity contribution in [3.63, 3.8) is 0 Å². The molecule has 130 valence electrons. The first-order valence-electron chi connectivity index (χ1n) is 8.68. The number of imidazole rings is 1. The van der Waals surface area contributed by atoms with Gasteiger partial charge in [-0.15, -0.1) is 0 Å². The number of amides is 1. The molecule has 25 heavy (non-hydrogen) atoms. The topological polar surface area (TPSA) is 37.6 Å². The SMILES string of the molecule is Cc1c(C(=O)N2CCCCCC2)sc2nc(-c3ccccc3F)cn12. The van der Waals surface area contributed by atoms with Crippen molar-refractivity contribution in [1.29, 1.82) is 0 Å². The fourth-order valence-electron chi connectivity index (χ4n) is 3.36. The van der Waals surface area contributed by atoms with Gasteiger partial charge in [0.25, 0.3) is 5.91 Å². The molecule has 6 heteroatoms. The zero-order valence-electron chi connectivity index (χ0n) is 14.2. The van der Waals surface area contributed by atoms with Crippen molar-refractivity contribution in [2.45, 2.75) is 32.6 Å². The molecule has 3 aromatic rings. The summed E-state index contributed by atoms with van der Waals surface area (Å²) in [6.07, 6.45) is 6.36. The standard InChI is InChI=1S/C19H20FN3OS/c1-13-17(18(24)22-10-6-2-3-7-11-22)25-19-21-16(12-23(13)19)14-8-4-5-9-15(14)20/h4-5,8-9,12H,2-3,6-7,10-11H2,1H3. The molecule has 0 aliphatic carbocycles. The maximum atomic E-state index is 14.0. The normalized spacial score (nSPS) is 15.5. The number of halogens is 1. The van der Waals surface area contributed by atoms with Crippen LogP contribution in [0.4, 0.5) is 4.39 Å². The molecule has 0 saturated carbocycles. The average Bonchev–Trinajstić information content (AvgIpc) is 3.01. The third kappa shape index (κ3) is 2.95. The van der Waals surface area contributed by atoms with Gasteiger partial charge in [0.05, 0.1) is 5.69 Å². The van der Waals surface area contributed by atoms with Crippen molar-refractivity contribution in [3.8, 4) is 11.3 Å². The second-order valence-electron chi connectivity index (χ2n) is 6.48. The van der Waals surface area contributed by atoms with Gasteiger partial charge >= 0.3 is 0 Å². The fourth-order valence-corrected chi connectivity index (χ4v) is 4.44. The molecule has 0 atom stereocenters. The molecular weight excluding hydrogens is 337 g/mol. The number of fused-ring (bicyclic) bond motifs is 1. The molecule has 1 aliphatic rings. The van der Waals surface area contributed by atoms with Gasteiger partial charge in [-0.1, -0.05) is 36.3 Å². The third-order valence-electron chi connectivity index (χ3n) is 4.79. The highest BCUT2D eigenvalue weighted by Crippen LogP contribution is 2.29. The Kier molecular flexibility index (Phi) is 4.29. The number of benzene rings is 1. The van der Waals surface area contributed by atoms with E-state index in [1.807, 2.05) is 22.4 Å². The van der Waals surface area contributed by atoms with Crippen molar-refractivity contribution in [2.24, 2.45) is 0 Å². The Morgan fingerprint density at radius 3 is 2.56 bits per heavy atom. The molecule has 0 bridgehead atoms. The molecule has 1 saturated heterocycles. The van der Waals surface area contributed by atoms with Crippen LogP contribution in [0.15, 0.2) is 30.5 Å². The summed E-state index contributed by atoms with van der Waals surface area (Å²) in [6.45, 7) is 3.60. The van der Waals surface area contributed by atoms with E-state index in [-0.39, 0.29) is 11.7 Å². The first-order chi connectivity index (χ1) is 12.1. The highest BCUT2D eigenvalue weighted by molar-refractivity contribution is 7.19. The Morgan fingerprint density at radius 2 is 1.88 bits per heavy atom. The summed E-state index contributed by atoms with van der Waals surface area (Å²) < 4.78 is 15.9. The quantitative estimate of drug-likeness (QED) is 0.676. The molecule has 3 heterocycles. The van der Waals surface area contributed by atoms with Gasteiger partial charge in [-0.25, -0.2) is 9.37 Å². The number of nitrogens with zero attached hydrogens (tertiary/aromatic N) is 3. The molecule has 0 spiro atoms. The molecule has 2 aromatic heterocycles. The lowest BCUT2D eigenvalue weighted by Gasteiger charge is -2.19. The van der Waals surface area contributed by atoms with Crippen molar-refractivity contribution in [3.05, 3.63) is 46.9 Å². The summed E-state index contributed by atoms with van der Waals surface area (Å²) in [5, 5.41) is 0. The number of aryl methyl sites for hydroxylation is 1. The van der Waals surface area contributed by atoms with E-state index >= 15 is 0 Å². The summed E-state index contributed by atoms with van der Waals surface area (Å²) in [5.41, 5.74) is 1.96. The summed E-state index contributed by atoms with van der Waals surface area (Å²) in [5.74, 6) is -0.186. The van der Waals surface area contributed by atoms with Crippen LogP contribution in [0.2, 0.25) is 0 Å². The van der Waals surface area contributed by atoms with Gasteiger partial charge in [0.15, 0.2) is 4.96 Å². The van der Waals surface area contributed by atoms with E-state index in [1.165, 1.54) is 30.2 Å². The molecule has 4 nitrogen and oxygen atoms in total. The molecule has 0 unspecified atom stereocenters. The Labute approximate surface area is 149 Å². The van der Waals surface area contributed by atoms with E-state index in [4.69, 9.17) is 0 Å². The predicted octanol–water partition coefficient (Wildman–Crippen LogP) is 4.53. The maximum absolute atomic E-state index is 14.0. The highest BCUT2D eigenvalue weighted by Gasteiger charge is 2.23. The monoisotopic (exact) mass is 357 g/mol. The number of aromatic nitrogens is 2. The Morgan fingerprint density at radius 1 is 1.16 bits per heavy atom. The van der Waals surface area contributed by atoms with Crippen LogP contribution in [-0.2, 0) is 0 Å². The summed E-state index contributed by atoms with van der Waals surface area (Å²) in [6, 6.07) is 6.62. The number of carbonyl (C=O) groups excluding carboxylic acids is 1. The zero-order chi connectivity index (χ0) is 17.4. The molecule has 1 aliphatic heterocycles. The molecule has 1 amide bonds. The minimum Gasteiger partial charge on any atom is -0.338 e. The van der Waals surface area contributed by atoms with Crippen LogP contribution in [0.5, 0.6) is 0 Å². The van der Waals surface area contributed by atoms with Crippen LogP contribution in [0.25, 0.3) is 16.2 Å². The minimum absolute atomic E-state index is 0.0994. The van der Waals surface area contributed by atoms with Crippen molar-refractivity contribution < 1.29 is 9.18 Å². The Bertz CT molecular complexity index is 922. The van der Waals surface area contributed by atoms with Crippen LogP contribution >= 0.6 is 11.3 Å². The van der Waals surface area contributed by atoms with Gasteiger partial charge in [-0.05, 0) is 31.9 Å². The molecular formula is C19H20FN3OS. The van der Waals surface area contributed by atoms with E-state index < -0.39 is 0 Å². The van der Waals surface area contributed by atoms with E-state index in [2.05, 4.69) is 4.98 Å². The van der Waals surface area contributed by atoms with Crippen LogP contribution in [0, 0.1) is 12.7 Å². The molecule has 1 fully saturated rings. The molecule has 0 N–H and O–H groups in total. The van der Waals surface area contributed by atoms with Crippen molar-refractivity contribution in [2.75, 3.05) is 13.1 Å². The van der Waals surface area contributed by atoms with Crippen LogP contribution in [0.1, 0.15) is 41.0 Å².